The molecule has 0 aliphatic carbocycles. The Morgan fingerprint density at radius 1 is 1.05 bits per heavy atom. The molecule has 6 nitrogen and oxygen atoms in total. The predicted molar refractivity (Wildman–Crippen MR) is 65.0 cm³/mol. The van der Waals surface area contributed by atoms with Crippen LogP contribution in [0.3, 0.4) is 0 Å². The van der Waals surface area contributed by atoms with E-state index in [1.807, 2.05) is 24.3 Å². The second-order valence-electron chi connectivity index (χ2n) is 3.57. The maximum absolute atomic E-state index is 9.84. The number of carbonyl (C=O) groups excluding carboxylic acids is 1. The first-order chi connectivity index (χ1) is 9.25. The van der Waals surface area contributed by atoms with E-state index in [1.54, 1.807) is 23.6 Å². The van der Waals surface area contributed by atoms with Gasteiger partial charge in [-0.3, -0.25) is 0 Å². The third kappa shape index (κ3) is 3.90. The number of para-hydroxylation sites is 1. The van der Waals surface area contributed by atoms with Gasteiger partial charge in [-0.25, -0.2) is 0 Å². The van der Waals surface area contributed by atoms with Gasteiger partial charge in [-0.05, 0) is 18.2 Å². The number of ether oxygens (including phenoxy) is 1. The van der Waals surface area contributed by atoms with Crippen molar-refractivity contribution in [1.29, 1.82) is 0 Å². The number of benzene rings is 2. The van der Waals surface area contributed by atoms with Crippen LogP contribution in [0.25, 0.3) is 0 Å². The lowest BCUT2D eigenvalue weighted by Gasteiger charge is -2.05. The Balaban J connectivity index is 0.000000141. The molecular weight excluding hydrogens is 246 g/mol. The molecule has 0 atom stereocenters. The van der Waals surface area contributed by atoms with Crippen molar-refractivity contribution in [1.82, 2.24) is 0 Å². The van der Waals surface area contributed by atoms with Crippen molar-refractivity contribution in [3.05, 3.63) is 54.6 Å². The maximum atomic E-state index is 9.84. The molecule has 2 N–H and O–H groups in total. The zero-order valence-corrected chi connectivity index (χ0v) is 9.89. The molecule has 0 saturated heterocycles. The van der Waals surface area contributed by atoms with Gasteiger partial charge in [0.05, 0.1) is 5.75 Å². The minimum Gasteiger partial charge on any atom is -0.514 e. The highest BCUT2D eigenvalue weighted by atomic mass is 16.7. The highest BCUT2D eigenvalue weighted by molar-refractivity contribution is 5.58. The first-order valence-corrected chi connectivity index (χ1v) is 5.53. The summed E-state index contributed by atoms with van der Waals surface area (Å²) in [6.45, 7) is 0. The van der Waals surface area contributed by atoms with Gasteiger partial charge in [0, 0.05) is 11.3 Å². The normalized spacial score (nSPS) is 11.2. The van der Waals surface area contributed by atoms with Crippen molar-refractivity contribution in [3.8, 4) is 5.75 Å². The summed E-state index contributed by atoms with van der Waals surface area (Å²) >= 11 is 0. The quantitative estimate of drug-likeness (QED) is 0.361. The van der Waals surface area contributed by atoms with Crippen molar-refractivity contribution in [3.63, 3.8) is 0 Å². The molecule has 3 rings (SSSR count). The molecule has 0 bridgehead atoms. The summed E-state index contributed by atoms with van der Waals surface area (Å²) in [5.74, 6) is 0.280. The number of hydrogen-bond donors (Lipinski definition) is 1. The zero-order chi connectivity index (χ0) is 13.5. The lowest BCUT2D eigenvalue weighted by atomic mass is 10.3. The van der Waals surface area contributed by atoms with E-state index in [2.05, 4.69) is 15.1 Å². The molecule has 2 aromatic carbocycles. The number of nitrogens with two attached hydrogens (primary N) is 1. The van der Waals surface area contributed by atoms with Crippen molar-refractivity contribution < 1.29 is 20.1 Å². The number of carbonyl (C=O) groups is 1. The van der Waals surface area contributed by atoms with Crippen molar-refractivity contribution in [2.45, 2.75) is 0 Å². The third-order valence-electron chi connectivity index (χ3n) is 2.24. The van der Waals surface area contributed by atoms with Crippen LogP contribution in [0.2, 0.25) is 0 Å². The summed E-state index contributed by atoms with van der Waals surface area (Å²) < 4.78 is 4.22. The van der Waals surface area contributed by atoms with Crippen molar-refractivity contribution in [2.75, 3.05) is 0 Å². The highest BCUT2D eigenvalue weighted by Gasteiger charge is 2.08. The van der Waals surface area contributed by atoms with Gasteiger partial charge in [0.25, 0.3) is 6.16 Å². The van der Waals surface area contributed by atoms with Crippen LogP contribution in [0.1, 0.15) is 0 Å². The van der Waals surface area contributed by atoms with Crippen molar-refractivity contribution >= 4 is 17.5 Å². The average Bonchev–Trinajstić information content (AvgIpc) is 2.88. The first-order valence-electron chi connectivity index (χ1n) is 5.53. The Morgan fingerprint density at radius 2 is 1.74 bits per heavy atom. The Morgan fingerprint density at radius 3 is 2.42 bits per heavy atom. The number of rotatable bonds is 1. The van der Waals surface area contributed by atoms with Gasteiger partial charge in [-0.1, -0.05) is 35.4 Å². The second-order valence-corrected chi connectivity index (χ2v) is 3.57. The molecule has 0 unspecified atom stereocenters. The van der Waals surface area contributed by atoms with E-state index in [9.17, 15) is 9.90 Å². The molecule has 2 aromatic rings. The van der Waals surface area contributed by atoms with Crippen LogP contribution in [0.5, 0.6) is 5.75 Å². The van der Waals surface area contributed by atoms with E-state index in [-0.39, 0.29) is 5.75 Å². The number of hydrogen-bond acceptors (Lipinski definition) is 5. The largest absolute Gasteiger partial charge is 0.514 e. The van der Waals surface area contributed by atoms with E-state index in [0.717, 1.165) is 11.4 Å². The maximum Gasteiger partial charge on any atom is 0.257 e. The summed E-state index contributed by atoms with van der Waals surface area (Å²) in [5.41, 5.74) is 3.84. The smallest absolute Gasteiger partial charge is 0.257 e. The molecule has 0 spiro atoms. The topological polar surface area (TPSA) is 90.7 Å². The molecule has 0 aromatic heterocycles. The standard InChI is InChI=1S/C7H6O3.C6H5N3/c8-7(9)10-6-4-2-1-3-5-6;1-2-4-6-5(3-1)7-9-8-6/h1-5H,(H,8,9);1-4H,(H,7,8,9). The van der Waals surface area contributed by atoms with Gasteiger partial charge in [-0.2, -0.15) is 5.43 Å². The molecule has 1 heterocycles. The number of fused-ring (bicyclic) bond motifs is 1. The fourth-order valence-corrected chi connectivity index (χ4v) is 1.43. The lowest BCUT2D eigenvalue weighted by Crippen LogP contribution is -2.68. The Labute approximate surface area is 109 Å². The summed E-state index contributed by atoms with van der Waals surface area (Å²) in [6.07, 6.45) is -1.54. The van der Waals surface area contributed by atoms with Crippen LogP contribution in [-0.4, -0.2) is 6.16 Å². The predicted octanol–water partition coefficient (Wildman–Crippen LogP) is 1.30. The Bertz CT molecular complexity index is 585. The summed E-state index contributed by atoms with van der Waals surface area (Å²) in [7, 11) is 0. The van der Waals surface area contributed by atoms with Crippen LogP contribution < -0.4 is 15.3 Å². The summed E-state index contributed by atoms with van der Waals surface area (Å²) in [6, 6.07) is 16.1. The second kappa shape index (κ2) is 6.27. The lowest BCUT2D eigenvalue weighted by molar-refractivity contribution is -0.578. The van der Waals surface area contributed by atoms with Crippen LogP contribution in [-0.2, 0) is 0 Å². The van der Waals surface area contributed by atoms with Crippen LogP contribution >= 0.6 is 0 Å². The van der Waals surface area contributed by atoms with Crippen molar-refractivity contribution in [2.24, 2.45) is 10.3 Å². The molecule has 6 heteroatoms. The van der Waals surface area contributed by atoms with Gasteiger partial charge in [0.15, 0.2) is 11.4 Å². The SMILES string of the molecule is O=C([O-])Oc1ccccc1.c1ccc2c(c1)N=N[NH2+]2. The van der Waals surface area contributed by atoms with Crippen LogP contribution in [0.15, 0.2) is 64.9 Å². The molecule has 0 radical (unpaired) electrons. The van der Waals surface area contributed by atoms with E-state index in [1.165, 1.54) is 12.1 Å². The molecule has 0 fully saturated rings. The monoisotopic (exact) mass is 257 g/mol. The Kier molecular flexibility index (Phi) is 4.20. The molecule has 1 aliphatic rings. The molecule has 1 aliphatic heterocycles. The highest BCUT2D eigenvalue weighted by Crippen LogP contribution is 2.22. The zero-order valence-electron chi connectivity index (χ0n) is 9.89. The number of carboxylic acid groups (broad SMARTS) is 1. The fourth-order valence-electron chi connectivity index (χ4n) is 1.43. The molecule has 96 valence electrons. The van der Waals surface area contributed by atoms with E-state index in [0.29, 0.717) is 0 Å². The van der Waals surface area contributed by atoms with Gasteiger partial charge in [-0.15, -0.1) is 0 Å². The molecule has 19 heavy (non-hydrogen) atoms. The Hall–Kier alpha value is -2.73. The minimum atomic E-state index is -1.54. The van der Waals surface area contributed by atoms with Gasteiger partial charge in [0.2, 0.25) is 0 Å². The fraction of sp³-hybridized carbons (Fsp3) is 0. The summed E-state index contributed by atoms with van der Waals surface area (Å²) in [5, 5.41) is 17.5. The minimum absolute atomic E-state index is 0.280. The molecule has 0 saturated carbocycles. The summed E-state index contributed by atoms with van der Waals surface area (Å²) in [4.78, 5) is 9.84. The van der Waals surface area contributed by atoms with Crippen LogP contribution in [0, 0.1) is 0 Å². The average molecular weight is 257 g/mol. The number of quaternary nitrogens is 1. The first kappa shape index (κ1) is 12.7. The molecular formula is C13H11N3O3. The van der Waals surface area contributed by atoms with Crippen LogP contribution in [0.4, 0.5) is 16.2 Å². The number of nitrogens with zero attached hydrogens (tertiary/aromatic N) is 2. The third-order valence-corrected chi connectivity index (χ3v) is 2.24. The van der Waals surface area contributed by atoms with E-state index >= 15 is 0 Å². The van der Waals surface area contributed by atoms with Gasteiger partial charge < -0.3 is 14.6 Å². The van der Waals surface area contributed by atoms with Gasteiger partial charge in [0.1, 0.15) is 0 Å². The van der Waals surface area contributed by atoms with Gasteiger partial charge >= 0.3 is 0 Å². The van der Waals surface area contributed by atoms with E-state index in [4.69, 9.17) is 0 Å². The van der Waals surface area contributed by atoms with E-state index < -0.39 is 6.16 Å². The molecule has 0 amide bonds.